The first-order valence-electron chi connectivity index (χ1n) is 10.5. The molecule has 0 unspecified atom stereocenters. The molecule has 0 radical (unpaired) electrons. The van der Waals surface area contributed by atoms with Crippen LogP contribution in [0.2, 0.25) is 0 Å². The van der Waals surface area contributed by atoms with E-state index in [-0.39, 0.29) is 16.8 Å². The minimum atomic E-state index is -0.114. The van der Waals surface area contributed by atoms with E-state index in [1.54, 1.807) is 17.8 Å². The Labute approximate surface area is 185 Å². The summed E-state index contributed by atoms with van der Waals surface area (Å²) < 4.78 is 3.43. The summed E-state index contributed by atoms with van der Waals surface area (Å²) in [5.41, 5.74) is 3.99. The molecule has 0 saturated heterocycles. The van der Waals surface area contributed by atoms with Crippen molar-refractivity contribution in [3.05, 3.63) is 48.4 Å². The molecule has 4 aromatic rings. The van der Waals surface area contributed by atoms with Gasteiger partial charge in [0.1, 0.15) is 5.75 Å². The maximum Gasteiger partial charge on any atom is 0.234 e. The van der Waals surface area contributed by atoms with Gasteiger partial charge in [0, 0.05) is 41.6 Å². The lowest BCUT2D eigenvalue weighted by Gasteiger charge is -2.41. The lowest BCUT2D eigenvalue weighted by molar-refractivity contribution is 0.297. The van der Waals surface area contributed by atoms with Crippen molar-refractivity contribution in [2.75, 3.05) is 0 Å². The number of fused-ring (bicyclic) bond motifs is 1. The van der Waals surface area contributed by atoms with Gasteiger partial charge in [0.2, 0.25) is 5.78 Å². The second-order valence-electron chi connectivity index (χ2n) is 9.58. The fourth-order valence-electron chi connectivity index (χ4n) is 4.62. The molecule has 9 nitrogen and oxygen atoms in total. The number of nitrogens with zero attached hydrogens (tertiary/aromatic N) is 7. The number of rotatable bonds is 3. The first-order chi connectivity index (χ1) is 15.1. The number of aromatic nitrogens is 7. The normalized spacial score (nSPS) is 17.5. The third-order valence-electron chi connectivity index (χ3n) is 5.64. The molecule has 1 aliphatic heterocycles. The molecule has 4 heterocycles. The molecule has 3 aromatic heterocycles. The van der Waals surface area contributed by atoms with Gasteiger partial charge in [0.05, 0.1) is 11.4 Å². The van der Waals surface area contributed by atoms with Gasteiger partial charge in [0.15, 0.2) is 5.82 Å². The van der Waals surface area contributed by atoms with Crippen LogP contribution in [0, 0.1) is 0 Å². The molecular formula is C23H26N8O. The van der Waals surface area contributed by atoms with E-state index >= 15 is 0 Å². The Morgan fingerprint density at radius 3 is 2.53 bits per heavy atom. The second kappa shape index (κ2) is 6.96. The number of phenolic OH excluding ortho intramolecular Hbond substituents is 1. The van der Waals surface area contributed by atoms with Crippen molar-refractivity contribution in [2.45, 2.75) is 45.2 Å². The average Bonchev–Trinajstić information content (AvgIpc) is 3.30. The lowest BCUT2D eigenvalue weighted by Crippen LogP contribution is -2.53. The van der Waals surface area contributed by atoms with Gasteiger partial charge >= 0.3 is 0 Å². The fraction of sp³-hybridized carbons (Fsp3) is 0.348. The largest absolute Gasteiger partial charge is 0.507 e. The Hall–Kier alpha value is -3.59. The predicted molar refractivity (Wildman–Crippen MR) is 122 cm³/mol. The number of aromatic hydroxyl groups is 1. The minimum Gasteiger partial charge on any atom is -0.507 e. The van der Waals surface area contributed by atoms with Crippen LogP contribution in [0.4, 0.5) is 0 Å². The molecule has 0 atom stereocenters. The van der Waals surface area contributed by atoms with Gasteiger partial charge in [-0.05, 0) is 68.3 Å². The highest BCUT2D eigenvalue weighted by atomic mass is 16.3. The highest BCUT2D eigenvalue weighted by Gasteiger charge is 2.33. The average molecular weight is 431 g/mol. The van der Waals surface area contributed by atoms with Gasteiger partial charge in [-0.2, -0.15) is 0 Å². The number of phenols is 1. The molecular weight excluding hydrogens is 404 g/mol. The summed E-state index contributed by atoms with van der Waals surface area (Å²) in [6.45, 7) is 8.75. The Kier molecular flexibility index (Phi) is 4.42. The zero-order valence-electron chi connectivity index (χ0n) is 18.8. The second-order valence-corrected chi connectivity index (χ2v) is 9.58. The van der Waals surface area contributed by atoms with Crippen molar-refractivity contribution >= 4 is 11.4 Å². The highest BCUT2D eigenvalue weighted by Crippen LogP contribution is 2.34. The van der Waals surface area contributed by atoms with Crippen molar-refractivity contribution in [1.29, 1.82) is 0 Å². The fourth-order valence-corrected chi connectivity index (χ4v) is 4.62. The zero-order valence-corrected chi connectivity index (χ0v) is 18.8. The van der Waals surface area contributed by atoms with Gasteiger partial charge in [0.25, 0.3) is 0 Å². The van der Waals surface area contributed by atoms with Gasteiger partial charge in [-0.3, -0.25) is 4.40 Å². The van der Waals surface area contributed by atoms with E-state index < -0.39 is 0 Å². The molecule has 0 saturated carbocycles. The maximum absolute atomic E-state index is 10.7. The maximum atomic E-state index is 10.7. The lowest BCUT2D eigenvalue weighted by atomic mass is 9.82. The van der Waals surface area contributed by atoms with Crippen molar-refractivity contribution in [3.8, 4) is 28.4 Å². The van der Waals surface area contributed by atoms with Crippen molar-refractivity contribution in [2.24, 2.45) is 7.05 Å². The molecule has 32 heavy (non-hydrogen) atoms. The van der Waals surface area contributed by atoms with Crippen LogP contribution < -0.4 is 5.32 Å². The summed E-state index contributed by atoms with van der Waals surface area (Å²) in [6, 6.07) is 7.36. The van der Waals surface area contributed by atoms with Crippen LogP contribution in [-0.2, 0) is 7.05 Å². The van der Waals surface area contributed by atoms with Gasteiger partial charge < -0.3 is 10.4 Å². The Balaban J connectivity index is 1.51. The quantitative estimate of drug-likeness (QED) is 0.514. The first kappa shape index (κ1) is 20.3. The third-order valence-corrected chi connectivity index (χ3v) is 5.64. The van der Waals surface area contributed by atoms with Crippen LogP contribution in [0.25, 0.3) is 34.0 Å². The van der Waals surface area contributed by atoms with Crippen LogP contribution in [-0.4, -0.2) is 50.8 Å². The summed E-state index contributed by atoms with van der Waals surface area (Å²) >= 11 is 0. The molecule has 1 aromatic carbocycles. The summed E-state index contributed by atoms with van der Waals surface area (Å²) in [5, 5.41) is 25.8. The predicted octanol–water partition coefficient (Wildman–Crippen LogP) is 3.23. The Morgan fingerprint density at radius 1 is 1.06 bits per heavy atom. The van der Waals surface area contributed by atoms with E-state index in [2.05, 4.69) is 59.6 Å². The molecule has 9 heteroatoms. The van der Waals surface area contributed by atoms with Crippen LogP contribution in [0.5, 0.6) is 5.75 Å². The number of hydrogen-bond donors (Lipinski definition) is 2. The number of aryl methyl sites for hydroxylation is 1. The smallest absolute Gasteiger partial charge is 0.234 e. The van der Waals surface area contributed by atoms with E-state index in [1.165, 1.54) is 5.57 Å². The summed E-state index contributed by atoms with van der Waals surface area (Å²) in [5.74, 6) is 1.28. The molecule has 0 fully saturated rings. The van der Waals surface area contributed by atoms with Crippen LogP contribution in [0.3, 0.4) is 0 Å². The summed E-state index contributed by atoms with van der Waals surface area (Å²) in [6.07, 6.45) is 6.96. The molecule has 0 spiro atoms. The Bertz CT molecular complexity index is 1360. The van der Waals surface area contributed by atoms with Crippen molar-refractivity contribution in [3.63, 3.8) is 0 Å². The van der Waals surface area contributed by atoms with Crippen molar-refractivity contribution < 1.29 is 5.11 Å². The number of imidazole rings is 1. The third kappa shape index (κ3) is 3.64. The Morgan fingerprint density at radius 2 is 1.84 bits per heavy atom. The van der Waals surface area contributed by atoms with Crippen molar-refractivity contribution in [1.82, 2.24) is 39.9 Å². The van der Waals surface area contributed by atoms with Gasteiger partial charge in [-0.15, -0.1) is 5.10 Å². The van der Waals surface area contributed by atoms with Gasteiger partial charge in [-0.1, -0.05) is 12.1 Å². The van der Waals surface area contributed by atoms with E-state index in [0.717, 1.165) is 17.7 Å². The van der Waals surface area contributed by atoms with Crippen LogP contribution in [0.15, 0.2) is 42.7 Å². The molecule has 2 N–H and O–H groups in total. The SMILES string of the molecule is Cn1nnnc1-c1ccc(-c2cn3ccc(C4=CC(C)(C)NC(C)(C)C4)nc3n2)c(O)c1. The standard InChI is InChI=1S/C23H26N8O/c1-22(2)11-15(12-23(3,4)27-22)17-8-9-31-13-18(25-21(31)24-17)16-7-6-14(10-19(16)32)20-26-28-29-30(20)5/h6-11,13,27,32H,12H2,1-5H3. The topological polar surface area (TPSA) is 106 Å². The molecule has 1 aliphatic rings. The molecule has 0 bridgehead atoms. The molecule has 5 rings (SSSR count). The van der Waals surface area contributed by atoms with Crippen LogP contribution >= 0.6 is 0 Å². The first-order valence-corrected chi connectivity index (χ1v) is 10.5. The van der Waals surface area contributed by atoms with E-state index in [4.69, 9.17) is 4.98 Å². The van der Waals surface area contributed by atoms with Crippen LogP contribution in [0.1, 0.15) is 39.8 Å². The van der Waals surface area contributed by atoms with E-state index in [0.29, 0.717) is 22.9 Å². The number of tetrazole rings is 1. The molecule has 164 valence electrons. The van der Waals surface area contributed by atoms with E-state index in [1.807, 2.05) is 35.0 Å². The number of nitrogens with one attached hydrogen (secondary N) is 1. The van der Waals surface area contributed by atoms with Gasteiger partial charge in [-0.25, -0.2) is 14.6 Å². The zero-order chi connectivity index (χ0) is 22.7. The number of hydrogen-bond acceptors (Lipinski definition) is 7. The summed E-state index contributed by atoms with van der Waals surface area (Å²) in [7, 11) is 1.76. The minimum absolute atomic E-state index is 0.0201. The van der Waals surface area contributed by atoms with E-state index in [9.17, 15) is 5.11 Å². The molecule has 0 aliphatic carbocycles. The molecule has 0 amide bonds. The highest BCUT2D eigenvalue weighted by molar-refractivity contribution is 5.73. The monoisotopic (exact) mass is 430 g/mol. The summed E-state index contributed by atoms with van der Waals surface area (Å²) in [4.78, 5) is 9.51. The number of benzene rings is 1.